The molecule has 1 fully saturated rings. The number of hydrogen-bond donors (Lipinski definition) is 0. The largest absolute Gasteiger partial charge is 0.351 e. The van der Waals surface area contributed by atoms with Gasteiger partial charge in [0.15, 0.2) is 0 Å². The topological polar surface area (TPSA) is 9.72 Å². The molecule has 0 N–H and O–H groups in total. The summed E-state index contributed by atoms with van der Waals surface area (Å²) in [6.45, 7) is 34.2. The zero-order valence-corrected chi connectivity index (χ0v) is 34.5. The molecule has 2 aromatic carbocycles. The fourth-order valence-electron chi connectivity index (χ4n) is 6.83. The summed E-state index contributed by atoms with van der Waals surface area (Å²) in [5, 5.41) is 0. The molecule has 0 spiro atoms. The molecule has 272 valence electrons. The first-order valence-corrected chi connectivity index (χ1v) is 19.5. The van der Waals surface area contributed by atoms with Gasteiger partial charge in [0.05, 0.1) is 7.85 Å². The molecule has 0 aliphatic carbocycles. The second kappa shape index (κ2) is 23.8. The van der Waals surface area contributed by atoms with E-state index in [0.717, 1.165) is 52.0 Å². The van der Waals surface area contributed by atoms with Gasteiger partial charge in [0.25, 0.3) is 0 Å². The molecule has 3 rings (SSSR count). The highest BCUT2D eigenvalue weighted by atomic mass is 15.3. The SMILES string of the molecule is CC/C=C(\C(C)=C(C)C)N(C)/C=C/c1cc(CC)c(CN2CCN(Cc3cccc(C(C)C)c3CCC)C(C)C2)c(CC)c1.CCC.[B]C. The van der Waals surface area contributed by atoms with E-state index in [1.807, 2.05) is 0 Å². The Balaban J connectivity index is 0.00000227. The van der Waals surface area contributed by atoms with Crippen LogP contribution in [0, 0.1) is 0 Å². The average Bonchev–Trinajstić information content (AvgIpc) is 3.09. The Labute approximate surface area is 306 Å². The van der Waals surface area contributed by atoms with Gasteiger partial charge < -0.3 is 4.90 Å². The van der Waals surface area contributed by atoms with Gasteiger partial charge in [0.1, 0.15) is 0 Å². The molecule has 1 aliphatic rings. The first-order chi connectivity index (χ1) is 23.4. The summed E-state index contributed by atoms with van der Waals surface area (Å²) < 4.78 is 0. The van der Waals surface area contributed by atoms with E-state index in [9.17, 15) is 0 Å². The van der Waals surface area contributed by atoms with Gasteiger partial charge in [-0.15, -0.1) is 0 Å². The molecule has 0 bridgehead atoms. The average molecular weight is 668 g/mol. The Morgan fingerprint density at radius 3 is 2.00 bits per heavy atom. The summed E-state index contributed by atoms with van der Waals surface area (Å²) in [6, 6.07) is 12.4. The van der Waals surface area contributed by atoms with Gasteiger partial charge in [-0.05, 0) is 110 Å². The lowest BCUT2D eigenvalue weighted by Crippen LogP contribution is -2.51. The van der Waals surface area contributed by atoms with Crippen LogP contribution in [0.15, 0.2) is 59.5 Å². The highest BCUT2D eigenvalue weighted by Gasteiger charge is 2.26. The van der Waals surface area contributed by atoms with Gasteiger partial charge in [-0.2, -0.15) is 0 Å². The number of allylic oxidation sites excluding steroid dienone is 3. The third kappa shape index (κ3) is 13.6. The molecule has 3 nitrogen and oxygen atoms in total. The lowest BCUT2D eigenvalue weighted by molar-refractivity contribution is 0.0728. The van der Waals surface area contributed by atoms with Crippen LogP contribution in [0.3, 0.4) is 0 Å². The van der Waals surface area contributed by atoms with Crippen LogP contribution in [0.4, 0.5) is 0 Å². The van der Waals surface area contributed by atoms with Crippen molar-refractivity contribution in [1.82, 2.24) is 14.7 Å². The van der Waals surface area contributed by atoms with Crippen LogP contribution in [-0.2, 0) is 32.4 Å². The van der Waals surface area contributed by atoms with E-state index in [4.69, 9.17) is 0 Å². The van der Waals surface area contributed by atoms with E-state index < -0.39 is 0 Å². The van der Waals surface area contributed by atoms with Gasteiger partial charge in [0, 0.05) is 57.7 Å². The minimum absolute atomic E-state index is 0.545. The first kappa shape index (κ1) is 44.5. The molecule has 0 aromatic heterocycles. The van der Waals surface area contributed by atoms with Crippen LogP contribution < -0.4 is 0 Å². The molecule has 49 heavy (non-hydrogen) atoms. The highest BCUT2D eigenvalue weighted by Crippen LogP contribution is 2.28. The Bertz CT molecular complexity index is 1310. The summed E-state index contributed by atoms with van der Waals surface area (Å²) in [7, 11) is 6.67. The van der Waals surface area contributed by atoms with Gasteiger partial charge >= 0.3 is 0 Å². The molecule has 2 radical (unpaired) electrons. The van der Waals surface area contributed by atoms with E-state index in [2.05, 4.69) is 161 Å². The van der Waals surface area contributed by atoms with Crippen molar-refractivity contribution in [3.05, 3.63) is 98.4 Å². The fraction of sp³-hybridized carbons (Fsp3) is 0.600. The zero-order chi connectivity index (χ0) is 37.1. The van der Waals surface area contributed by atoms with Crippen molar-refractivity contribution < 1.29 is 0 Å². The molecule has 1 atom stereocenters. The fourth-order valence-corrected chi connectivity index (χ4v) is 6.83. The van der Waals surface area contributed by atoms with Crippen LogP contribution in [0.5, 0.6) is 0 Å². The Morgan fingerprint density at radius 1 is 0.898 bits per heavy atom. The summed E-state index contributed by atoms with van der Waals surface area (Å²) in [4.78, 5) is 7.71. The van der Waals surface area contributed by atoms with Crippen molar-refractivity contribution in [2.45, 2.75) is 153 Å². The van der Waals surface area contributed by atoms with E-state index in [0.29, 0.717) is 12.0 Å². The number of piperazine rings is 1. The normalized spacial score (nSPS) is 15.5. The van der Waals surface area contributed by atoms with Gasteiger partial charge in [-0.25, -0.2) is 0 Å². The smallest absolute Gasteiger partial charge is 0.0606 e. The number of likely N-dealkylation sites (N-methyl/N-ethyl adjacent to an activating group) is 1. The van der Waals surface area contributed by atoms with Crippen molar-refractivity contribution in [1.29, 1.82) is 0 Å². The van der Waals surface area contributed by atoms with Gasteiger partial charge in [-0.3, -0.25) is 9.80 Å². The Hall–Kier alpha value is -2.56. The van der Waals surface area contributed by atoms with Crippen molar-refractivity contribution >= 4 is 13.9 Å². The number of benzene rings is 2. The van der Waals surface area contributed by atoms with Crippen molar-refractivity contribution in [3.8, 4) is 0 Å². The summed E-state index contributed by atoms with van der Waals surface area (Å²) in [6.07, 6.45) is 13.7. The number of hydrogen-bond acceptors (Lipinski definition) is 3. The third-order valence-corrected chi connectivity index (χ3v) is 9.66. The molecule has 2 aromatic rings. The Kier molecular flexibility index (Phi) is 21.6. The monoisotopic (exact) mass is 668 g/mol. The molecule has 1 heterocycles. The zero-order valence-electron chi connectivity index (χ0n) is 34.5. The standard InChI is InChI=1S/C41H63N3.C3H8.CH3B/c1-12-17-39-37(19-16-20-38(39)31(7)8)28-44-24-23-43(27-32(44)9)29-40-35(14-3)25-34(26-36(40)15-4)21-22-42(11)41(18-13-2)33(10)30(5)6;1-3-2;1-2/h16,18-22,25-26,31-32H,12-15,17,23-24,27-29H2,1-11H3;3H2,1-2H3;1H3/b22-21+,41-18+;;. The molecule has 1 saturated heterocycles. The maximum atomic E-state index is 4.50. The molecule has 1 unspecified atom stereocenters. The summed E-state index contributed by atoms with van der Waals surface area (Å²) >= 11 is 0. The van der Waals surface area contributed by atoms with Crippen molar-refractivity contribution in [2.24, 2.45) is 0 Å². The molecular formula is C45H74BN3. The molecule has 1 aliphatic heterocycles. The minimum atomic E-state index is 0.545. The van der Waals surface area contributed by atoms with Crippen LogP contribution in [-0.4, -0.2) is 55.3 Å². The Morgan fingerprint density at radius 2 is 1.51 bits per heavy atom. The third-order valence-electron chi connectivity index (χ3n) is 9.66. The number of nitrogens with zero attached hydrogens (tertiary/aromatic N) is 3. The van der Waals surface area contributed by atoms with Crippen LogP contribution in [0.1, 0.15) is 147 Å². The van der Waals surface area contributed by atoms with Crippen LogP contribution in [0.25, 0.3) is 6.08 Å². The minimum Gasteiger partial charge on any atom is -0.351 e. The van der Waals surface area contributed by atoms with E-state index in [1.165, 1.54) is 59.6 Å². The van der Waals surface area contributed by atoms with Crippen LogP contribution >= 0.6 is 0 Å². The van der Waals surface area contributed by atoms with E-state index >= 15 is 0 Å². The molecule has 0 amide bonds. The quantitative estimate of drug-likeness (QED) is 0.147. The second-order valence-corrected chi connectivity index (χ2v) is 14.2. The predicted molar refractivity (Wildman–Crippen MR) is 222 cm³/mol. The maximum Gasteiger partial charge on any atom is 0.0606 e. The number of aryl methyl sites for hydroxylation is 2. The van der Waals surface area contributed by atoms with Gasteiger partial charge in [-0.1, -0.05) is 117 Å². The van der Waals surface area contributed by atoms with E-state index in [1.54, 1.807) is 22.3 Å². The lowest BCUT2D eigenvalue weighted by atomic mass is 9.90. The second-order valence-electron chi connectivity index (χ2n) is 14.2. The summed E-state index contributed by atoms with van der Waals surface area (Å²) in [5.41, 5.74) is 14.6. The van der Waals surface area contributed by atoms with E-state index in [-0.39, 0.29) is 0 Å². The maximum absolute atomic E-state index is 4.50. The van der Waals surface area contributed by atoms with Gasteiger partial charge in [0.2, 0.25) is 0 Å². The molecule has 4 heteroatoms. The highest BCUT2D eigenvalue weighted by molar-refractivity contribution is 6.05. The number of rotatable bonds is 14. The van der Waals surface area contributed by atoms with Crippen molar-refractivity contribution in [2.75, 3.05) is 26.7 Å². The predicted octanol–water partition coefficient (Wildman–Crippen LogP) is 11.8. The molecular weight excluding hydrogens is 593 g/mol. The first-order valence-electron chi connectivity index (χ1n) is 19.5. The molecule has 0 saturated carbocycles. The lowest BCUT2D eigenvalue weighted by Gasteiger charge is -2.41. The summed E-state index contributed by atoms with van der Waals surface area (Å²) in [5.74, 6) is 0.580. The van der Waals surface area contributed by atoms with Crippen molar-refractivity contribution in [3.63, 3.8) is 0 Å². The van der Waals surface area contributed by atoms with Crippen LogP contribution in [0.2, 0.25) is 6.82 Å².